The number of nitriles is 1. The summed E-state index contributed by atoms with van der Waals surface area (Å²) in [4.78, 5) is 24.2. The average Bonchev–Trinajstić information content (AvgIpc) is 3.30. The summed E-state index contributed by atoms with van der Waals surface area (Å²) >= 11 is 0. The monoisotopic (exact) mass is 527 g/mol. The number of hydrogen-bond donors (Lipinski definition) is 3. The summed E-state index contributed by atoms with van der Waals surface area (Å²) in [5, 5.41) is 28.2. The number of hydrogen-bond acceptors (Lipinski definition) is 9. The van der Waals surface area contributed by atoms with Crippen LogP contribution in [-0.2, 0) is 14.3 Å². The SMILES string of the molecule is N#Cc1c(Nc2cc(NC(=O)C3CC3)nnc2C(N)=O)cccc1C1=C/[N+](=C/C2CCCC23OCCO3)N=C1. The van der Waals surface area contributed by atoms with Crippen LogP contribution in [0.3, 0.4) is 0 Å². The maximum atomic E-state index is 12.2. The predicted octanol–water partition coefficient (Wildman–Crippen LogP) is 2.51. The number of nitrogens with one attached hydrogen (secondary N) is 2. The van der Waals surface area contributed by atoms with E-state index >= 15 is 0 Å². The van der Waals surface area contributed by atoms with Crippen molar-refractivity contribution in [1.29, 1.82) is 5.26 Å². The molecule has 4 aliphatic rings. The Bertz CT molecular complexity index is 1480. The van der Waals surface area contributed by atoms with Crippen LogP contribution in [-0.4, -0.2) is 58.1 Å². The summed E-state index contributed by atoms with van der Waals surface area (Å²) in [5.41, 5.74) is 7.80. The molecule has 2 aromatic rings. The van der Waals surface area contributed by atoms with Gasteiger partial charge < -0.3 is 25.8 Å². The van der Waals surface area contributed by atoms with E-state index in [0.29, 0.717) is 30.0 Å². The summed E-state index contributed by atoms with van der Waals surface area (Å²) < 4.78 is 13.6. The third-order valence-electron chi connectivity index (χ3n) is 7.30. The van der Waals surface area contributed by atoms with E-state index in [0.717, 1.165) is 37.7 Å². The van der Waals surface area contributed by atoms with Gasteiger partial charge in [0.25, 0.3) is 5.91 Å². The number of rotatable bonds is 7. The fraction of sp³-hybridized carbons (Fsp3) is 0.370. The van der Waals surface area contributed by atoms with Gasteiger partial charge in [0, 0.05) is 24.0 Å². The number of benzene rings is 1. The Morgan fingerprint density at radius 2 is 2.00 bits per heavy atom. The minimum absolute atomic E-state index is 0.0310. The minimum atomic E-state index is -0.795. The standard InChI is InChI=1S/C27H26N8O4/c28-12-20-19(17-13-30-35(14-17)15-18-3-2-8-27(18)38-9-10-39-27)4-1-5-21(20)31-22-11-23(32-26(37)16-6-7-16)33-34-24(22)25(29)36/h1,4-5,11,13-16,18H,2-3,6-10H2,(H3-,29,31,32,33,36,37)/p+1/b35-15-. The largest absolute Gasteiger partial charge is 0.364 e. The van der Waals surface area contributed by atoms with E-state index in [1.165, 1.54) is 6.07 Å². The van der Waals surface area contributed by atoms with Gasteiger partial charge in [-0.1, -0.05) is 16.8 Å². The van der Waals surface area contributed by atoms with Crippen LogP contribution in [0.5, 0.6) is 0 Å². The highest BCUT2D eigenvalue weighted by Gasteiger charge is 2.49. The molecule has 1 aromatic carbocycles. The van der Waals surface area contributed by atoms with Crippen LogP contribution in [0.4, 0.5) is 17.2 Å². The van der Waals surface area contributed by atoms with E-state index in [9.17, 15) is 14.9 Å². The number of carbonyl (C=O) groups is 2. The molecular weight excluding hydrogens is 500 g/mol. The number of carbonyl (C=O) groups excluding carboxylic acids is 2. The maximum Gasteiger partial charge on any atom is 0.271 e. The molecule has 1 saturated heterocycles. The molecule has 1 unspecified atom stereocenters. The van der Waals surface area contributed by atoms with E-state index in [2.05, 4.69) is 32.0 Å². The number of amides is 2. The first kappa shape index (κ1) is 24.8. The number of allylic oxidation sites excluding steroid dienone is 1. The molecule has 2 aliphatic heterocycles. The zero-order valence-electron chi connectivity index (χ0n) is 21.1. The molecule has 6 rings (SSSR count). The molecule has 39 heavy (non-hydrogen) atoms. The third-order valence-corrected chi connectivity index (χ3v) is 7.30. The van der Waals surface area contributed by atoms with Crippen molar-refractivity contribution in [2.24, 2.45) is 22.7 Å². The molecule has 0 bridgehead atoms. The molecule has 1 aromatic heterocycles. The van der Waals surface area contributed by atoms with Crippen molar-refractivity contribution < 1.29 is 23.7 Å². The topological polar surface area (TPSA) is 168 Å². The summed E-state index contributed by atoms with van der Waals surface area (Å²) in [6.45, 7) is 1.19. The van der Waals surface area contributed by atoms with Crippen LogP contribution in [0.25, 0.3) is 5.57 Å². The molecule has 2 aliphatic carbocycles. The molecule has 3 fully saturated rings. The van der Waals surface area contributed by atoms with Crippen LogP contribution < -0.4 is 16.4 Å². The van der Waals surface area contributed by atoms with Crippen molar-refractivity contribution in [1.82, 2.24) is 10.2 Å². The van der Waals surface area contributed by atoms with E-state index < -0.39 is 11.7 Å². The first-order valence-corrected chi connectivity index (χ1v) is 12.9. The molecule has 0 radical (unpaired) electrons. The smallest absolute Gasteiger partial charge is 0.271 e. The summed E-state index contributed by atoms with van der Waals surface area (Å²) in [6, 6.07) is 9.07. The summed E-state index contributed by atoms with van der Waals surface area (Å²) in [5.74, 6) is -1.28. The maximum absolute atomic E-state index is 12.2. The Morgan fingerprint density at radius 3 is 2.74 bits per heavy atom. The number of primary amides is 1. The quantitative estimate of drug-likeness (QED) is 0.462. The van der Waals surface area contributed by atoms with Gasteiger partial charge in [0.2, 0.25) is 12.1 Å². The lowest BCUT2D eigenvalue weighted by Crippen LogP contribution is -2.36. The zero-order valence-corrected chi connectivity index (χ0v) is 21.1. The van der Waals surface area contributed by atoms with Gasteiger partial charge in [-0.3, -0.25) is 9.59 Å². The molecule has 198 valence electrons. The molecule has 2 saturated carbocycles. The van der Waals surface area contributed by atoms with E-state index in [-0.39, 0.29) is 34.9 Å². The van der Waals surface area contributed by atoms with Crippen LogP contribution in [0.1, 0.15) is 53.7 Å². The van der Waals surface area contributed by atoms with Gasteiger partial charge in [-0.05, 0) is 36.9 Å². The van der Waals surface area contributed by atoms with Gasteiger partial charge in [0.05, 0.1) is 41.6 Å². The Kier molecular flexibility index (Phi) is 6.38. The number of nitrogens with zero attached hydrogens (tertiary/aromatic N) is 5. The minimum Gasteiger partial charge on any atom is -0.364 e. The van der Waals surface area contributed by atoms with Gasteiger partial charge in [-0.25, -0.2) is 0 Å². The van der Waals surface area contributed by atoms with Crippen LogP contribution in [0.15, 0.2) is 35.6 Å². The van der Waals surface area contributed by atoms with Crippen molar-refractivity contribution in [3.05, 3.63) is 47.3 Å². The van der Waals surface area contributed by atoms with E-state index in [4.69, 9.17) is 15.2 Å². The number of aromatic nitrogens is 2. The third kappa shape index (κ3) is 4.89. The van der Waals surface area contributed by atoms with Crippen molar-refractivity contribution in [3.8, 4) is 6.07 Å². The van der Waals surface area contributed by atoms with Gasteiger partial charge in [-0.15, -0.1) is 10.2 Å². The first-order chi connectivity index (χ1) is 19.0. The first-order valence-electron chi connectivity index (χ1n) is 12.9. The second-order valence-corrected chi connectivity index (χ2v) is 9.95. The second kappa shape index (κ2) is 10.0. The molecule has 3 heterocycles. The molecule has 2 amide bonds. The average molecular weight is 528 g/mol. The van der Waals surface area contributed by atoms with Crippen molar-refractivity contribution in [3.63, 3.8) is 0 Å². The molecular formula is C27H27N8O4+. The van der Waals surface area contributed by atoms with Crippen molar-refractivity contribution >= 4 is 47.0 Å². The number of nitrogens with two attached hydrogens (primary N) is 1. The highest BCUT2D eigenvalue weighted by Crippen LogP contribution is 2.41. The van der Waals surface area contributed by atoms with Gasteiger partial charge in [-0.2, -0.15) is 5.26 Å². The Hall–Kier alpha value is -4.47. The Balaban J connectivity index is 1.28. The van der Waals surface area contributed by atoms with Crippen LogP contribution in [0, 0.1) is 23.2 Å². The second-order valence-electron chi connectivity index (χ2n) is 9.95. The van der Waals surface area contributed by atoms with Gasteiger partial charge in [0.15, 0.2) is 23.5 Å². The lowest BCUT2D eigenvalue weighted by molar-refractivity contribution is -0.455. The predicted molar refractivity (Wildman–Crippen MR) is 141 cm³/mol. The molecule has 12 nitrogen and oxygen atoms in total. The fourth-order valence-corrected chi connectivity index (χ4v) is 5.20. The van der Waals surface area contributed by atoms with Crippen LogP contribution >= 0.6 is 0 Å². The normalized spacial score (nSPS) is 22.2. The molecule has 1 spiro atoms. The number of hydrazone groups is 1. The van der Waals surface area contributed by atoms with Crippen molar-refractivity contribution in [2.75, 3.05) is 23.8 Å². The lowest BCUT2D eigenvalue weighted by Gasteiger charge is -2.24. The molecule has 12 heteroatoms. The van der Waals surface area contributed by atoms with Crippen molar-refractivity contribution in [2.45, 2.75) is 37.9 Å². The van der Waals surface area contributed by atoms with Gasteiger partial charge >= 0.3 is 0 Å². The zero-order chi connectivity index (χ0) is 27.0. The van der Waals surface area contributed by atoms with E-state index in [1.54, 1.807) is 23.0 Å². The highest BCUT2D eigenvalue weighted by atomic mass is 16.7. The Labute approximate surface area is 224 Å². The van der Waals surface area contributed by atoms with E-state index in [1.807, 2.05) is 18.5 Å². The summed E-state index contributed by atoms with van der Waals surface area (Å²) in [7, 11) is 0. The number of ether oxygens (including phenoxy) is 2. The number of anilines is 3. The highest BCUT2D eigenvalue weighted by molar-refractivity contribution is 6.11. The lowest BCUT2D eigenvalue weighted by atomic mass is 10.00. The molecule has 1 atom stereocenters. The van der Waals surface area contributed by atoms with Gasteiger partial charge in [0.1, 0.15) is 12.3 Å². The Morgan fingerprint density at radius 1 is 1.18 bits per heavy atom. The summed E-state index contributed by atoms with van der Waals surface area (Å²) in [6.07, 6.45) is 10.1. The van der Waals surface area contributed by atoms with Crippen LogP contribution in [0.2, 0.25) is 0 Å². The molecule has 4 N–H and O–H groups in total. The fourth-order valence-electron chi connectivity index (χ4n) is 5.20.